The highest BCUT2D eigenvalue weighted by Crippen LogP contribution is 2.32. The van der Waals surface area contributed by atoms with Gasteiger partial charge in [-0.05, 0) is 24.3 Å². The van der Waals surface area contributed by atoms with E-state index in [2.05, 4.69) is 9.72 Å². The molecule has 0 saturated carbocycles. The molecule has 0 aliphatic rings. The van der Waals surface area contributed by atoms with Gasteiger partial charge < -0.3 is 4.74 Å². The number of alkyl halides is 6. The number of aromatic nitrogens is 1. The van der Waals surface area contributed by atoms with Crippen LogP contribution in [0.4, 0.5) is 26.3 Å². The second kappa shape index (κ2) is 5.79. The van der Waals surface area contributed by atoms with Crippen molar-refractivity contribution in [3.05, 3.63) is 47.7 Å². The van der Waals surface area contributed by atoms with Crippen molar-refractivity contribution in [2.45, 2.75) is 12.5 Å². The molecule has 23 heavy (non-hydrogen) atoms. The lowest BCUT2D eigenvalue weighted by Crippen LogP contribution is -2.17. The molecule has 0 unspecified atom stereocenters. The Labute approximate surface area is 125 Å². The number of halogens is 6. The summed E-state index contributed by atoms with van der Waals surface area (Å²) < 4.78 is 78.4. The minimum atomic E-state index is -4.95. The Morgan fingerprint density at radius 3 is 2.26 bits per heavy atom. The molecule has 9 heteroatoms. The molecule has 0 saturated heterocycles. The first-order valence-corrected chi connectivity index (χ1v) is 5.95. The average Bonchev–Trinajstić information content (AvgIpc) is 2.44. The summed E-state index contributed by atoms with van der Waals surface area (Å²) in [5, 5.41) is 8.95. The summed E-state index contributed by atoms with van der Waals surface area (Å²) in [6.45, 7) is 0. The molecule has 0 spiro atoms. The van der Waals surface area contributed by atoms with Gasteiger partial charge in [-0.15, -0.1) is 13.2 Å². The van der Waals surface area contributed by atoms with Gasteiger partial charge in [-0.2, -0.15) is 18.4 Å². The second-order valence-corrected chi connectivity index (χ2v) is 4.28. The van der Waals surface area contributed by atoms with Crippen molar-refractivity contribution in [3.8, 4) is 23.1 Å². The van der Waals surface area contributed by atoms with Crippen LogP contribution in [0.25, 0.3) is 11.3 Å². The highest BCUT2D eigenvalue weighted by molar-refractivity contribution is 5.68. The molecule has 2 rings (SSSR count). The maximum Gasteiger partial charge on any atom is 0.573 e. The molecule has 0 aliphatic heterocycles. The zero-order chi connectivity index (χ0) is 17.3. The van der Waals surface area contributed by atoms with Gasteiger partial charge >= 0.3 is 12.5 Å². The highest BCUT2D eigenvalue weighted by Gasteiger charge is 2.33. The number of nitrogens with zero attached hydrogens (tertiary/aromatic N) is 2. The van der Waals surface area contributed by atoms with Crippen molar-refractivity contribution in [1.82, 2.24) is 4.98 Å². The summed E-state index contributed by atoms with van der Waals surface area (Å²) in [6.07, 6.45) is -9.69. The van der Waals surface area contributed by atoms with Crippen molar-refractivity contribution in [1.29, 1.82) is 5.26 Å². The number of hydrogen-bond acceptors (Lipinski definition) is 3. The van der Waals surface area contributed by atoms with Crippen LogP contribution in [0, 0.1) is 11.3 Å². The van der Waals surface area contributed by atoms with Crippen molar-refractivity contribution in [3.63, 3.8) is 0 Å². The van der Waals surface area contributed by atoms with Crippen LogP contribution in [0.1, 0.15) is 11.3 Å². The van der Waals surface area contributed by atoms with Gasteiger partial charge in [0.1, 0.15) is 17.5 Å². The zero-order valence-electron chi connectivity index (χ0n) is 11.0. The van der Waals surface area contributed by atoms with Crippen molar-refractivity contribution in [2.75, 3.05) is 0 Å². The first-order valence-electron chi connectivity index (χ1n) is 5.95. The molecule has 0 atom stereocenters. The predicted octanol–water partition coefficient (Wildman–Crippen LogP) is 4.54. The van der Waals surface area contributed by atoms with E-state index in [0.717, 1.165) is 24.3 Å². The van der Waals surface area contributed by atoms with E-state index >= 15 is 0 Å². The minimum Gasteiger partial charge on any atom is -0.406 e. The van der Waals surface area contributed by atoms with E-state index in [0.29, 0.717) is 6.07 Å². The Bertz CT molecular complexity index is 761. The molecule has 120 valence electrons. The highest BCUT2D eigenvalue weighted by atomic mass is 19.4. The Morgan fingerprint density at radius 1 is 1.00 bits per heavy atom. The quantitative estimate of drug-likeness (QED) is 0.759. The smallest absolute Gasteiger partial charge is 0.406 e. The lowest BCUT2D eigenvalue weighted by atomic mass is 10.1. The van der Waals surface area contributed by atoms with Crippen LogP contribution < -0.4 is 4.74 Å². The lowest BCUT2D eigenvalue weighted by molar-refractivity contribution is -0.274. The summed E-state index contributed by atoms with van der Waals surface area (Å²) in [4.78, 5) is 3.34. The normalized spacial score (nSPS) is 11.9. The molecule has 0 radical (unpaired) electrons. The summed E-state index contributed by atoms with van der Waals surface area (Å²) >= 11 is 0. The first-order chi connectivity index (χ1) is 10.6. The van der Waals surface area contributed by atoms with Crippen LogP contribution >= 0.6 is 0 Å². The van der Waals surface area contributed by atoms with E-state index in [9.17, 15) is 26.3 Å². The van der Waals surface area contributed by atoms with Crippen LogP contribution in [0.2, 0.25) is 0 Å². The Balaban J connectivity index is 2.53. The summed E-state index contributed by atoms with van der Waals surface area (Å²) in [7, 11) is 0. The van der Waals surface area contributed by atoms with Crippen LogP contribution in [-0.2, 0) is 6.18 Å². The fraction of sp³-hybridized carbons (Fsp3) is 0.143. The largest absolute Gasteiger partial charge is 0.573 e. The van der Waals surface area contributed by atoms with Gasteiger partial charge in [-0.25, -0.2) is 4.98 Å². The van der Waals surface area contributed by atoms with Gasteiger partial charge in [0.05, 0.1) is 11.3 Å². The third-order valence-corrected chi connectivity index (χ3v) is 2.65. The van der Waals surface area contributed by atoms with E-state index in [1.807, 2.05) is 0 Å². The molecule has 0 N–H and O–H groups in total. The fourth-order valence-electron chi connectivity index (χ4n) is 1.77. The molecule has 0 aliphatic carbocycles. The Kier molecular flexibility index (Phi) is 4.18. The number of hydrogen-bond donors (Lipinski definition) is 0. The number of nitriles is 1. The summed E-state index contributed by atoms with van der Waals surface area (Å²) in [6, 6.07) is 7.40. The van der Waals surface area contributed by atoms with E-state index < -0.39 is 24.0 Å². The Hall–Kier alpha value is -2.76. The SMILES string of the molecule is N#Cc1ccc(C(F)(F)F)nc1-c1cccc(OC(F)(F)F)c1. The standard InChI is InChI=1S/C14H6F6N2O/c15-13(16,17)11-5-4-9(7-21)12(22-11)8-2-1-3-10(6-8)23-14(18,19)20/h1-6H. The zero-order valence-corrected chi connectivity index (χ0v) is 11.0. The van der Waals surface area contributed by atoms with Gasteiger partial charge in [0.15, 0.2) is 0 Å². The molecule has 2 aromatic rings. The lowest BCUT2D eigenvalue weighted by Gasteiger charge is -2.12. The predicted molar refractivity (Wildman–Crippen MR) is 66.1 cm³/mol. The number of pyridine rings is 1. The summed E-state index contributed by atoms with van der Waals surface area (Å²) in [5.74, 6) is -0.627. The fourth-order valence-corrected chi connectivity index (χ4v) is 1.77. The van der Waals surface area contributed by atoms with Crippen LogP contribution in [0.5, 0.6) is 5.75 Å². The van der Waals surface area contributed by atoms with Gasteiger partial charge in [-0.1, -0.05) is 12.1 Å². The van der Waals surface area contributed by atoms with Crippen LogP contribution in [0.15, 0.2) is 36.4 Å². The van der Waals surface area contributed by atoms with Gasteiger partial charge in [0, 0.05) is 5.56 Å². The molecule has 0 bridgehead atoms. The van der Waals surface area contributed by atoms with Gasteiger partial charge in [-0.3, -0.25) is 0 Å². The van der Waals surface area contributed by atoms with Gasteiger partial charge in [0.25, 0.3) is 0 Å². The molecule has 0 fully saturated rings. The minimum absolute atomic E-state index is 0.102. The molecule has 1 aromatic heterocycles. The number of ether oxygens (including phenoxy) is 1. The van der Waals surface area contributed by atoms with Crippen molar-refractivity contribution >= 4 is 0 Å². The third-order valence-electron chi connectivity index (χ3n) is 2.65. The molecular weight excluding hydrogens is 326 g/mol. The summed E-state index contributed by atoms with van der Waals surface area (Å²) in [5.41, 5.74) is -1.94. The van der Waals surface area contributed by atoms with Crippen molar-refractivity contribution < 1.29 is 31.1 Å². The maximum absolute atomic E-state index is 12.7. The third kappa shape index (κ3) is 4.12. The maximum atomic E-state index is 12.7. The molecule has 0 amide bonds. The van der Waals surface area contributed by atoms with Crippen LogP contribution in [-0.4, -0.2) is 11.3 Å². The van der Waals surface area contributed by atoms with E-state index in [1.54, 1.807) is 6.07 Å². The molecule has 1 heterocycles. The molecule has 3 nitrogen and oxygen atoms in total. The monoisotopic (exact) mass is 332 g/mol. The van der Waals surface area contributed by atoms with E-state index in [1.165, 1.54) is 6.07 Å². The molecule has 1 aromatic carbocycles. The first kappa shape index (κ1) is 16.6. The Morgan fingerprint density at radius 2 is 1.70 bits per heavy atom. The van der Waals surface area contributed by atoms with E-state index in [-0.39, 0.29) is 16.8 Å². The topological polar surface area (TPSA) is 45.9 Å². The average molecular weight is 332 g/mol. The number of rotatable bonds is 2. The van der Waals surface area contributed by atoms with Crippen molar-refractivity contribution in [2.24, 2.45) is 0 Å². The van der Waals surface area contributed by atoms with Gasteiger partial charge in [0.2, 0.25) is 0 Å². The van der Waals surface area contributed by atoms with E-state index in [4.69, 9.17) is 5.26 Å². The van der Waals surface area contributed by atoms with Crippen LogP contribution in [0.3, 0.4) is 0 Å². The molecular formula is C14H6F6N2O. The second-order valence-electron chi connectivity index (χ2n) is 4.28. The number of benzene rings is 1.